The van der Waals surface area contributed by atoms with E-state index in [1.165, 1.54) is 22.3 Å². The maximum absolute atomic E-state index is 4.84. The van der Waals surface area contributed by atoms with Gasteiger partial charge in [0.2, 0.25) is 0 Å². The Hall–Kier alpha value is -4.17. The highest BCUT2D eigenvalue weighted by atomic mass is 15.0. The van der Waals surface area contributed by atoms with Gasteiger partial charge in [0.1, 0.15) is 0 Å². The summed E-state index contributed by atoms with van der Waals surface area (Å²) < 4.78 is 2.10. The summed E-state index contributed by atoms with van der Waals surface area (Å²) >= 11 is 0. The molecule has 0 fully saturated rings. The molecule has 0 aliphatic heterocycles. The number of aryl methyl sites for hydroxylation is 1. The molecule has 0 unspecified atom stereocenters. The van der Waals surface area contributed by atoms with Crippen molar-refractivity contribution in [2.24, 2.45) is 7.05 Å². The largest absolute Gasteiger partial charge is 0.333 e. The summed E-state index contributed by atoms with van der Waals surface area (Å²) in [6, 6.07) is 40.1. The Bertz CT molecular complexity index is 1350. The van der Waals surface area contributed by atoms with Crippen molar-refractivity contribution in [3.05, 3.63) is 138 Å². The lowest BCUT2D eigenvalue weighted by molar-refractivity contribution is 0.921. The molecule has 2 nitrogen and oxygen atoms in total. The summed E-state index contributed by atoms with van der Waals surface area (Å²) in [5.74, 6) is 0. The summed E-state index contributed by atoms with van der Waals surface area (Å²) in [7, 11) is 2.05. The summed E-state index contributed by atoms with van der Waals surface area (Å²) in [5.41, 5.74) is 9.08. The van der Waals surface area contributed by atoms with Crippen LogP contribution in [-0.2, 0) is 7.05 Å². The molecule has 32 heavy (non-hydrogen) atoms. The lowest BCUT2D eigenvalue weighted by Gasteiger charge is -2.15. The third-order valence-corrected chi connectivity index (χ3v) is 5.65. The Labute approximate surface area is 189 Å². The molecular weight excluding hydrogens is 388 g/mol. The van der Waals surface area contributed by atoms with E-state index in [1.807, 2.05) is 18.5 Å². The Morgan fingerprint density at radius 2 is 1.28 bits per heavy atom. The molecule has 0 bridgehead atoms. The highest BCUT2D eigenvalue weighted by Crippen LogP contribution is 2.37. The molecule has 4 aromatic carbocycles. The van der Waals surface area contributed by atoms with E-state index in [9.17, 15) is 0 Å². The van der Waals surface area contributed by atoms with Crippen LogP contribution in [0, 0.1) is 0 Å². The lowest BCUT2D eigenvalue weighted by Crippen LogP contribution is -1.96. The molecule has 0 spiro atoms. The van der Waals surface area contributed by atoms with Gasteiger partial charge in [-0.2, -0.15) is 0 Å². The van der Waals surface area contributed by atoms with E-state index in [0.29, 0.717) is 0 Å². The summed E-state index contributed by atoms with van der Waals surface area (Å²) in [6.07, 6.45) is 4.16. The van der Waals surface area contributed by atoms with Gasteiger partial charge in [-0.05, 0) is 28.3 Å². The fraction of sp³-hybridized carbons (Fsp3) is 0.0333. The first-order chi connectivity index (χ1) is 15.8. The monoisotopic (exact) mass is 412 g/mol. The van der Waals surface area contributed by atoms with Gasteiger partial charge in [0, 0.05) is 18.2 Å². The van der Waals surface area contributed by atoms with Crippen LogP contribution < -0.4 is 0 Å². The second kappa shape index (κ2) is 8.91. The van der Waals surface area contributed by atoms with Crippen molar-refractivity contribution in [1.29, 1.82) is 0 Å². The molecule has 5 aromatic rings. The minimum Gasteiger partial charge on any atom is -0.333 e. The zero-order valence-electron chi connectivity index (χ0n) is 18.0. The molecule has 0 saturated carbocycles. The van der Waals surface area contributed by atoms with Gasteiger partial charge in [0.15, 0.2) is 0 Å². The van der Waals surface area contributed by atoms with Gasteiger partial charge in [0.25, 0.3) is 0 Å². The van der Waals surface area contributed by atoms with Crippen molar-refractivity contribution < 1.29 is 0 Å². The SMILES string of the molecule is Cn1cnc(-c2ccccc2/C(=C/c2ccccc2)c2ccccc2)c1-c1ccccc1. The Balaban J connectivity index is 1.74. The van der Waals surface area contributed by atoms with Crippen molar-refractivity contribution in [2.45, 2.75) is 0 Å². The quantitative estimate of drug-likeness (QED) is 0.276. The second-order valence-corrected chi connectivity index (χ2v) is 7.80. The molecule has 1 heterocycles. The van der Waals surface area contributed by atoms with Gasteiger partial charge in [-0.3, -0.25) is 0 Å². The third-order valence-electron chi connectivity index (χ3n) is 5.65. The Morgan fingerprint density at radius 3 is 2.00 bits per heavy atom. The highest BCUT2D eigenvalue weighted by molar-refractivity contribution is 5.97. The molecule has 5 rings (SSSR count). The van der Waals surface area contributed by atoms with Crippen molar-refractivity contribution in [1.82, 2.24) is 9.55 Å². The van der Waals surface area contributed by atoms with E-state index < -0.39 is 0 Å². The number of rotatable bonds is 5. The predicted molar refractivity (Wildman–Crippen MR) is 134 cm³/mol. The summed E-state index contributed by atoms with van der Waals surface area (Å²) in [5, 5.41) is 0. The average Bonchev–Trinajstić information content (AvgIpc) is 3.25. The van der Waals surface area contributed by atoms with Crippen molar-refractivity contribution in [3.63, 3.8) is 0 Å². The van der Waals surface area contributed by atoms with Crippen molar-refractivity contribution in [3.8, 4) is 22.5 Å². The molecule has 0 saturated heterocycles. The van der Waals surface area contributed by atoms with E-state index in [-0.39, 0.29) is 0 Å². The first-order valence-electron chi connectivity index (χ1n) is 10.8. The van der Waals surface area contributed by atoms with Crippen LogP contribution in [0.3, 0.4) is 0 Å². The Morgan fingerprint density at radius 1 is 0.688 bits per heavy atom. The van der Waals surface area contributed by atoms with Crippen LogP contribution in [0.25, 0.3) is 34.2 Å². The van der Waals surface area contributed by atoms with Crippen LogP contribution in [0.5, 0.6) is 0 Å². The maximum atomic E-state index is 4.84. The molecule has 0 aliphatic rings. The fourth-order valence-electron chi connectivity index (χ4n) is 4.14. The number of aromatic nitrogens is 2. The van der Waals surface area contributed by atoms with Crippen LogP contribution in [0.15, 0.2) is 122 Å². The number of hydrogen-bond acceptors (Lipinski definition) is 1. The Kier molecular flexibility index (Phi) is 5.50. The van der Waals surface area contributed by atoms with Crippen LogP contribution in [0.4, 0.5) is 0 Å². The van der Waals surface area contributed by atoms with E-state index in [1.54, 1.807) is 0 Å². The predicted octanol–water partition coefficient (Wildman–Crippen LogP) is 7.34. The number of imidazole rings is 1. The lowest BCUT2D eigenvalue weighted by atomic mass is 9.90. The van der Waals surface area contributed by atoms with Gasteiger partial charge >= 0.3 is 0 Å². The molecular formula is C30H24N2. The zero-order valence-corrected chi connectivity index (χ0v) is 18.0. The number of benzene rings is 4. The normalized spacial score (nSPS) is 11.5. The van der Waals surface area contributed by atoms with E-state index in [2.05, 4.69) is 121 Å². The maximum Gasteiger partial charge on any atom is 0.0969 e. The molecule has 0 atom stereocenters. The standard InChI is InChI=1S/C30H24N2/c1-32-22-31-29(30(32)25-17-9-4-10-18-25)27-20-12-11-19-26(27)28(24-15-7-3-8-16-24)21-23-13-5-2-6-14-23/h2-22H,1H3/b28-21+. The topological polar surface area (TPSA) is 17.8 Å². The molecule has 1 aromatic heterocycles. The average molecular weight is 413 g/mol. The van der Waals surface area contributed by atoms with E-state index in [4.69, 9.17) is 4.98 Å². The molecule has 154 valence electrons. The summed E-state index contributed by atoms with van der Waals surface area (Å²) in [6.45, 7) is 0. The minimum absolute atomic E-state index is 0.990. The minimum atomic E-state index is 0.990. The molecule has 0 radical (unpaired) electrons. The van der Waals surface area contributed by atoms with Crippen molar-refractivity contribution >= 4 is 11.6 Å². The van der Waals surface area contributed by atoms with Gasteiger partial charge in [-0.25, -0.2) is 4.98 Å². The van der Waals surface area contributed by atoms with E-state index in [0.717, 1.165) is 22.5 Å². The first kappa shape index (κ1) is 19.8. The fourth-order valence-corrected chi connectivity index (χ4v) is 4.14. The van der Waals surface area contributed by atoms with Crippen molar-refractivity contribution in [2.75, 3.05) is 0 Å². The first-order valence-corrected chi connectivity index (χ1v) is 10.8. The van der Waals surface area contributed by atoms with Gasteiger partial charge in [-0.1, -0.05) is 115 Å². The zero-order chi connectivity index (χ0) is 21.8. The van der Waals surface area contributed by atoms with Crippen LogP contribution in [-0.4, -0.2) is 9.55 Å². The second-order valence-electron chi connectivity index (χ2n) is 7.80. The smallest absolute Gasteiger partial charge is 0.0969 e. The number of hydrogen-bond donors (Lipinski definition) is 0. The van der Waals surface area contributed by atoms with Crippen LogP contribution in [0.1, 0.15) is 16.7 Å². The number of nitrogens with zero attached hydrogens (tertiary/aromatic N) is 2. The molecule has 0 N–H and O–H groups in total. The third kappa shape index (κ3) is 3.91. The van der Waals surface area contributed by atoms with E-state index >= 15 is 0 Å². The van der Waals surface area contributed by atoms with Gasteiger partial charge < -0.3 is 4.57 Å². The van der Waals surface area contributed by atoms with Crippen LogP contribution in [0.2, 0.25) is 0 Å². The molecule has 2 heteroatoms. The van der Waals surface area contributed by atoms with Crippen LogP contribution >= 0.6 is 0 Å². The summed E-state index contributed by atoms with van der Waals surface area (Å²) in [4.78, 5) is 4.84. The van der Waals surface area contributed by atoms with Gasteiger partial charge in [-0.15, -0.1) is 0 Å². The molecule has 0 aliphatic carbocycles. The molecule has 0 amide bonds. The van der Waals surface area contributed by atoms with Gasteiger partial charge in [0.05, 0.1) is 17.7 Å². The highest BCUT2D eigenvalue weighted by Gasteiger charge is 2.18.